The number of hydrogen-bond acceptors (Lipinski definition) is 5. The molecule has 1 aliphatic heterocycles. The van der Waals surface area contributed by atoms with Gasteiger partial charge in [0, 0.05) is 23.5 Å². The summed E-state index contributed by atoms with van der Waals surface area (Å²) >= 11 is 1.38. The van der Waals surface area contributed by atoms with Gasteiger partial charge in [-0.2, -0.15) is 0 Å². The number of benzene rings is 1. The van der Waals surface area contributed by atoms with Crippen LogP contribution < -0.4 is 5.32 Å². The Bertz CT molecular complexity index is 968. The lowest BCUT2D eigenvalue weighted by Gasteiger charge is -2.39. The summed E-state index contributed by atoms with van der Waals surface area (Å²) < 4.78 is 5.30. The van der Waals surface area contributed by atoms with Crippen LogP contribution in [-0.2, 0) is 9.53 Å². The second-order valence-corrected chi connectivity index (χ2v) is 11.0. The average Bonchev–Trinajstić information content (AvgIpc) is 3.19. The third-order valence-corrected chi connectivity index (χ3v) is 7.37. The number of nitrogens with zero attached hydrogens (tertiary/aromatic N) is 1. The lowest BCUT2D eigenvalue weighted by atomic mass is 9.65. The largest absolute Gasteiger partial charge is 0.462 e. The van der Waals surface area contributed by atoms with Gasteiger partial charge in [-0.3, -0.25) is 9.69 Å². The summed E-state index contributed by atoms with van der Waals surface area (Å²) in [7, 11) is 0. The number of hydrogen-bond donors (Lipinski definition) is 1. The molecule has 0 spiro atoms. The molecule has 2 atom stereocenters. The minimum atomic E-state index is -0.399. The second kappa shape index (κ2) is 8.40. The topological polar surface area (TPSA) is 58.6 Å². The first-order valence-corrected chi connectivity index (χ1v) is 12.0. The van der Waals surface area contributed by atoms with Crippen LogP contribution >= 0.6 is 11.3 Å². The predicted molar refractivity (Wildman–Crippen MR) is 125 cm³/mol. The Labute approximate surface area is 188 Å². The smallest absolute Gasteiger partial charge is 0.341 e. The standard InChI is InChI=1S/C25H32N2O3S/c1-5-30-23(29)21-19(17-9-7-6-8-10-17)14-31-22(21)26-20(28)13-27-16-25(4)12-18(27)11-24(2,3)15-25/h6-10,14,18H,5,11-13,15-16H2,1-4H3,(H,26,28). The van der Waals surface area contributed by atoms with Gasteiger partial charge in [-0.25, -0.2) is 4.79 Å². The van der Waals surface area contributed by atoms with Crippen LogP contribution in [-0.4, -0.2) is 42.5 Å². The quantitative estimate of drug-likeness (QED) is 0.609. The molecule has 2 heterocycles. The molecule has 5 nitrogen and oxygen atoms in total. The highest BCUT2D eigenvalue weighted by molar-refractivity contribution is 7.15. The van der Waals surface area contributed by atoms with E-state index in [1.807, 2.05) is 35.7 Å². The van der Waals surface area contributed by atoms with Crippen molar-refractivity contribution in [2.45, 2.75) is 53.0 Å². The third-order valence-electron chi connectivity index (χ3n) is 6.48. The predicted octanol–water partition coefficient (Wildman–Crippen LogP) is 5.43. The van der Waals surface area contributed by atoms with E-state index in [0.717, 1.165) is 30.5 Å². The number of carbonyl (C=O) groups excluding carboxylic acids is 2. The van der Waals surface area contributed by atoms with Crippen LogP contribution in [0.15, 0.2) is 35.7 Å². The van der Waals surface area contributed by atoms with Gasteiger partial charge in [0.15, 0.2) is 0 Å². The van der Waals surface area contributed by atoms with Gasteiger partial charge >= 0.3 is 5.97 Å². The highest BCUT2D eigenvalue weighted by atomic mass is 32.1. The maximum absolute atomic E-state index is 13.0. The zero-order chi connectivity index (χ0) is 22.2. The van der Waals surface area contributed by atoms with Crippen molar-refractivity contribution in [3.05, 3.63) is 41.3 Å². The molecule has 1 saturated carbocycles. The molecule has 2 fully saturated rings. The molecule has 2 bridgehead atoms. The number of thiophene rings is 1. The molecule has 1 saturated heterocycles. The molecule has 166 valence electrons. The van der Waals surface area contributed by atoms with Crippen LogP contribution in [0.5, 0.6) is 0 Å². The molecule has 2 aliphatic rings. The van der Waals surface area contributed by atoms with Crippen LogP contribution in [0.25, 0.3) is 11.1 Å². The van der Waals surface area contributed by atoms with Crippen molar-refractivity contribution in [2.24, 2.45) is 10.8 Å². The van der Waals surface area contributed by atoms with Crippen LogP contribution in [0.3, 0.4) is 0 Å². The highest BCUT2D eigenvalue weighted by Gasteiger charge is 2.49. The van der Waals surface area contributed by atoms with Crippen LogP contribution in [0.2, 0.25) is 0 Å². The molecule has 31 heavy (non-hydrogen) atoms. The van der Waals surface area contributed by atoms with Crippen molar-refractivity contribution in [1.82, 2.24) is 4.90 Å². The minimum absolute atomic E-state index is 0.0685. The summed E-state index contributed by atoms with van der Waals surface area (Å²) in [6, 6.07) is 10.2. The Morgan fingerprint density at radius 1 is 1.19 bits per heavy atom. The number of amides is 1. The molecule has 1 aromatic carbocycles. The summed E-state index contributed by atoms with van der Waals surface area (Å²) in [5, 5.41) is 5.50. The molecular weight excluding hydrogens is 408 g/mol. The fourth-order valence-electron chi connectivity index (χ4n) is 5.80. The summed E-state index contributed by atoms with van der Waals surface area (Å²) in [4.78, 5) is 28.1. The fraction of sp³-hybridized carbons (Fsp3) is 0.520. The molecular formula is C25H32N2O3S. The molecule has 4 rings (SSSR count). The summed E-state index contributed by atoms with van der Waals surface area (Å²) in [6.45, 7) is 10.4. The zero-order valence-corrected chi connectivity index (χ0v) is 19.7. The van der Waals surface area contributed by atoms with Gasteiger partial charge in [-0.05, 0) is 42.6 Å². The lowest BCUT2D eigenvalue weighted by molar-refractivity contribution is -0.117. The van der Waals surface area contributed by atoms with Crippen LogP contribution in [0.4, 0.5) is 5.00 Å². The van der Waals surface area contributed by atoms with Gasteiger partial charge in [0.1, 0.15) is 10.6 Å². The maximum Gasteiger partial charge on any atom is 0.341 e. The molecule has 6 heteroatoms. The Balaban J connectivity index is 1.52. The number of esters is 1. The average molecular weight is 441 g/mol. The number of fused-ring (bicyclic) bond motifs is 2. The van der Waals surface area contributed by atoms with E-state index < -0.39 is 5.97 Å². The van der Waals surface area contributed by atoms with Gasteiger partial charge in [0.05, 0.1) is 13.2 Å². The number of ether oxygens (including phenoxy) is 1. The molecule has 1 amide bonds. The van der Waals surface area contributed by atoms with Gasteiger partial charge < -0.3 is 10.1 Å². The van der Waals surface area contributed by atoms with Gasteiger partial charge in [-0.15, -0.1) is 11.3 Å². The zero-order valence-electron chi connectivity index (χ0n) is 18.9. The molecule has 2 aromatic rings. The van der Waals surface area contributed by atoms with Gasteiger partial charge in [0.25, 0.3) is 0 Å². The van der Waals surface area contributed by atoms with Crippen molar-refractivity contribution in [3.8, 4) is 11.1 Å². The SMILES string of the molecule is CCOC(=O)c1c(-c2ccccc2)csc1NC(=O)CN1CC2(C)CC1CC(C)(C)C2. The fourth-order valence-corrected chi connectivity index (χ4v) is 6.77. The Morgan fingerprint density at radius 3 is 2.65 bits per heavy atom. The van der Waals surface area contributed by atoms with E-state index in [2.05, 4.69) is 31.0 Å². The molecule has 1 aromatic heterocycles. The van der Waals surface area contributed by atoms with E-state index in [4.69, 9.17) is 4.74 Å². The van der Waals surface area contributed by atoms with E-state index in [0.29, 0.717) is 35.2 Å². The third kappa shape index (κ3) is 4.70. The lowest BCUT2D eigenvalue weighted by Crippen LogP contribution is -2.38. The van der Waals surface area contributed by atoms with Crippen molar-refractivity contribution in [2.75, 3.05) is 25.0 Å². The van der Waals surface area contributed by atoms with Crippen molar-refractivity contribution in [1.29, 1.82) is 0 Å². The molecule has 2 unspecified atom stereocenters. The van der Waals surface area contributed by atoms with Gasteiger partial charge in [0.2, 0.25) is 5.91 Å². The van der Waals surface area contributed by atoms with E-state index in [-0.39, 0.29) is 11.3 Å². The first-order chi connectivity index (χ1) is 14.7. The Kier molecular flexibility index (Phi) is 5.97. The monoisotopic (exact) mass is 440 g/mol. The second-order valence-electron chi connectivity index (χ2n) is 10.1. The van der Waals surface area contributed by atoms with Crippen LogP contribution in [0.1, 0.15) is 57.3 Å². The maximum atomic E-state index is 13.0. The minimum Gasteiger partial charge on any atom is -0.462 e. The van der Waals surface area contributed by atoms with E-state index >= 15 is 0 Å². The van der Waals surface area contributed by atoms with E-state index in [1.165, 1.54) is 17.8 Å². The number of rotatable bonds is 6. The number of likely N-dealkylation sites (tertiary alicyclic amines) is 1. The van der Waals surface area contributed by atoms with Gasteiger partial charge in [-0.1, -0.05) is 51.1 Å². The van der Waals surface area contributed by atoms with Crippen molar-refractivity contribution < 1.29 is 14.3 Å². The van der Waals surface area contributed by atoms with E-state index in [9.17, 15) is 9.59 Å². The van der Waals surface area contributed by atoms with E-state index in [1.54, 1.807) is 6.92 Å². The highest BCUT2D eigenvalue weighted by Crippen LogP contribution is 2.52. The summed E-state index contributed by atoms with van der Waals surface area (Å²) in [5.74, 6) is -0.467. The normalized spacial score (nSPS) is 24.7. The first kappa shape index (κ1) is 22.0. The van der Waals surface area contributed by atoms with Crippen LogP contribution in [0, 0.1) is 10.8 Å². The number of carbonyl (C=O) groups is 2. The Hall–Kier alpha value is -2.18. The molecule has 1 aliphatic carbocycles. The first-order valence-electron chi connectivity index (χ1n) is 11.1. The van der Waals surface area contributed by atoms with Crippen molar-refractivity contribution >= 4 is 28.2 Å². The molecule has 0 radical (unpaired) electrons. The Morgan fingerprint density at radius 2 is 1.94 bits per heavy atom. The number of anilines is 1. The molecule has 1 N–H and O–H groups in total. The summed E-state index contributed by atoms with van der Waals surface area (Å²) in [5.41, 5.74) is 2.78. The van der Waals surface area contributed by atoms with Crippen molar-refractivity contribution in [3.63, 3.8) is 0 Å². The number of nitrogens with one attached hydrogen (secondary N) is 1. The summed E-state index contributed by atoms with van der Waals surface area (Å²) in [6.07, 6.45) is 3.49.